The van der Waals surface area contributed by atoms with Gasteiger partial charge in [-0.25, -0.2) is 4.98 Å². The van der Waals surface area contributed by atoms with Crippen LogP contribution in [0.2, 0.25) is 0 Å². The number of ketones is 1. The van der Waals surface area contributed by atoms with Crippen molar-refractivity contribution in [2.24, 2.45) is 0 Å². The quantitative estimate of drug-likeness (QED) is 0.195. The molecule has 1 saturated carbocycles. The minimum absolute atomic E-state index is 0.0321. The van der Waals surface area contributed by atoms with Crippen molar-refractivity contribution in [3.05, 3.63) is 105 Å². The second-order valence-corrected chi connectivity index (χ2v) is 10.5. The number of nitrogens with one attached hydrogen (secondary N) is 1. The third-order valence-electron chi connectivity index (χ3n) is 6.76. The summed E-state index contributed by atoms with van der Waals surface area (Å²) in [5.74, 6) is -0.0272. The van der Waals surface area contributed by atoms with Gasteiger partial charge in [-0.15, -0.1) is 0 Å². The number of benzene rings is 3. The van der Waals surface area contributed by atoms with Crippen molar-refractivity contribution in [3.8, 4) is 0 Å². The predicted molar refractivity (Wildman–Crippen MR) is 148 cm³/mol. The number of rotatable bonds is 8. The number of aryl methyl sites for hydroxylation is 1. The predicted octanol–water partition coefficient (Wildman–Crippen LogP) is 5.40. The highest BCUT2D eigenvalue weighted by atomic mass is 32.2. The number of carbonyl (C=O) groups excluding carboxylic acids is 2. The third-order valence-corrected chi connectivity index (χ3v) is 7.74. The lowest BCUT2D eigenvalue weighted by molar-refractivity contribution is 0.0937. The first-order chi connectivity index (χ1) is 18.0. The van der Waals surface area contributed by atoms with E-state index in [2.05, 4.69) is 5.32 Å². The van der Waals surface area contributed by atoms with Crippen LogP contribution in [-0.2, 0) is 6.54 Å². The minimum Gasteiger partial charge on any atom is -0.349 e. The Hall–Kier alpha value is -3.71. The summed E-state index contributed by atoms with van der Waals surface area (Å²) in [6, 6.07) is 22.4. The summed E-state index contributed by atoms with van der Waals surface area (Å²) in [4.78, 5) is 44.1. The van der Waals surface area contributed by atoms with Crippen LogP contribution in [0.3, 0.4) is 0 Å². The topological polar surface area (TPSA) is 81.1 Å². The maximum Gasteiger partial charge on any atom is 0.262 e. The summed E-state index contributed by atoms with van der Waals surface area (Å²) in [5.41, 5.74) is 3.43. The summed E-state index contributed by atoms with van der Waals surface area (Å²) in [5, 5.41) is 4.00. The van der Waals surface area contributed by atoms with E-state index in [1.165, 1.54) is 11.8 Å². The van der Waals surface area contributed by atoms with Gasteiger partial charge in [-0.05, 0) is 43.5 Å². The first-order valence-electron chi connectivity index (χ1n) is 12.6. The van der Waals surface area contributed by atoms with Crippen molar-refractivity contribution in [2.75, 3.05) is 5.75 Å². The van der Waals surface area contributed by atoms with Gasteiger partial charge >= 0.3 is 0 Å². The van der Waals surface area contributed by atoms with Crippen molar-refractivity contribution < 1.29 is 9.59 Å². The smallest absolute Gasteiger partial charge is 0.262 e. The number of nitrogens with zero attached hydrogens (tertiary/aromatic N) is 2. The second kappa shape index (κ2) is 11.1. The monoisotopic (exact) mass is 511 g/mol. The lowest BCUT2D eigenvalue weighted by Crippen LogP contribution is -2.32. The van der Waals surface area contributed by atoms with Gasteiger partial charge in [0.2, 0.25) is 0 Å². The number of carbonyl (C=O) groups is 2. The Balaban J connectivity index is 1.48. The number of aromatic nitrogens is 2. The summed E-state index contributed by atoms with van der Waals surface area (Å²) < 4.78 is 1.61. The van der Waals surface area contributed by atoms with Gasteiger partial charge in [0.15, 0.2) is 10.9 Å². The van der Waals surface area contributed by atoms with E-state index >= 15 is 0 Å². The Bertz CT molecular complexity index is 1490. The van der Waals surface area contributed by atoms with Gasteiger partial charge in [-0.3, -0.25) is 19.0 Å². The zero-order valence-corrected chi connectivity index (χ0v) is 21.6. The number of amides is 1. The van der Waals surface area contributed by atoms with Crippen molar-refractivity contribution in [1.29, 1.82) is 0 Å². The van der Waals surface area contributed by atoms with E-state index < -0.39 is 0 Å². The Labute approximate surface area is 220 Å². The van der Waals surface area contributed by atoms with Crippen LogP contribution in [0.1, 0.15) is 57.5 Å². The van der Waals surface area contributed by atoms with Gasteiger partial charge in [0.1, 0.15) is 0 Å². The first kappa shape index (κ1) is 25.0. The molecular weight excluding hydrogens is 482 g/mol. The molecule has 0 aliphatic heterocycles. The van der Waals surface area contributed by atoms with E-state index in [9.17, 15) is 14.4 Å². The molecule has 1 aliphatic rings. The molecule has 0 radical (unpaired) electrons. The molecule has 5 rings (SSSR count). The standard InChI is InChI=1S/C30H29N3O3S/c1-20-11-13-22(14-12-20)27(34)19-37-30-32-26-17-23(28(35)31-24-9-5-6-10-24)15-16-25(26)29(36)33(30)18-21-7-3-2-4-8-21/h2-4,7-8,11-17,24H,5-6,9-10,18-19H2,1H3,(H,31,35). The zero-order valence-electron chi connectivity index (χ0n) is 20.8. The van der Waals surface area contributed by atoms with Crippen LogP contribution < -0.4 is 10.9 Å². The van der Waals surface area contributed by atoms with Crippen molar-refractivity contribution in [1.82, 2.24) is 14.9 Å². The molecule has 188 valence electrons. The van der Waals surface area contributed by atoms with E-state index in [0.29, 0.717) is 33.7 Å². The van der Waals surface area contributed by atoms with Crippen LogP contribution in [0, 0.1) is 6.92 Å². The number of thioether (sulfide) groups is 1. The molecule has 0 spiro atoms. The van der Waals surface area contributed by atoms with E-state index in [-0.39, 0.29) is 29.0 Å². The van der Waals surface area contributed by atoms with E-state index in [4.69, 9.17) is 4.98 Å². The van der Waals surface area contributed by atoms with E-state index in [1.807, 2.05) is 61.5 Å². The third kappa shape index (κ3) is 5.83. The average molecular weight is 512 g/mol. The Morgan fingerprint density at radius 1 is 0.973 bits per heavy atom. The summed E-state index contributed by atoms with van der Waals surface area (Å²) in [6.07, 6.45) is 4.26. The molecule has 37 heavy (non-hydrogen) atoms. The first-order valence-corrected chi connectivity index (χ1v) is 13.6. The molecule has 1 aromatic heterocycles. The van der Waals surface area contributed by atoms with E-state index in [1.54, 1.807) is 22.8 Å². The normalized spacial score (nSPS) is 13.6. The fourth-order valence-corrected chi connectivity index (χ4v) is 5.54. The molecule has 6 nitrogen and oxygen atoms in total. The molecule has 0 unspecified atom stereocenters. The molecule has 1 N–H and O–H groups in total. The van der Waals surface area contributed by atoms with Gasteiger partial charge in [-0.1, -0.05) is 84.8 Å². The molecule has 1 fully saturated rings. The fraction of sp³-hybridized carbons (Fsp3) is 0.267. The highest BCUT2D eigenvalue weighted by molar-refractivity contribution is 7.99. The maximum absolute atomic E-state index is 13.6. The van der Waals surface area contributed by atoms with Crippen LogP contribution in [0.15, 0.2) is 82.7 Å². The molecule has 0 atom stereocenters. The van der Waals surface area contributed by atoms with Gasteiger partial charge in [0.25, 0.3) is 11.5 Å². The molecule has 1 amide bonds. The molecule has 3 aromatic carbocycles. The van der Waals surface area contributed by atoms with Crippen LogP contribution in [0.25, 0.3) is 10.9 Å². The summed E-state index contributed by atoms with van der Waals surface area (Å²) in [7, 11) is 0. The molecule has 1 aliphatic carbocycles. The van der Waals surface area contributed by atoms with Gasteiger partial charge in [0.05, 0.1) is 23.2 Å². The molecule has 4 aromatic rings. The molecule has 1 heterocycles. The number of hydrogen-bond donors (Lipinski definition) is 1. The highest BCUT2D eigenvalue weighted by Gasteiger charge is 2.20. The summed E-state index contributed by atoms with van der Waals surface area (Å²) in [6.45, 7) is 2.32. The zero-order chi connectivity index (χ0) is 25.8. The SMILES string of the molecule is Cc1ccc(C(=O)CSc2nc3cc(C(=O)NC4CCCC4)ccc3c(=O)n2Cc2ccccc2)cc1. The molecule has 0 bridgehead atoms. The second-order valence-electron chi connectivity index (χ2n) is 9.54. The highest BCUT2D eigenvalue weighted by Crippen LogP contribution is 2.22. The average Bonchev–Trinajstić information content (AvgIpc) is 3.43. The maximum atomic E-state index is 13.6. The van der Waals surface area contributed by atoms with Crippen LogP contribution in [-0.4, -0.2) is 33.0 Å². The Morgan fingerprint density at radius 3 is 2.41 bits per heavy atom. The van der Waals surface area contributed by atoms with Crippen molar-refractivity contribution in [2.45, 2.75) is 50.4 Å². The van der Waals surface area contributed by atoms with Gasteiger partial charge < -0.3 is 5.32 Å². The molecule has 7 heteroatoms. The number of Topliss-reactive ketones (excluding diaryl/α,β-unsaturated/α-hetero) is 1. The minimum atomic E-state index is -0.193. The largest absolute Gasteiger partial charge is 0.349 e. The fourth-order valence-electron chi connectivity index (χ4n) is 4.65. The molecular formula is C30H29N3O3S. The van der Waals surface area contributed by atoms with Crippen LogP contribution in [0.4, 0.5) is 0 Å². The number of hydrogen-bond acceptors (Lipinski definition) is 5. The Morgan fingerprint density at radius 2 is 1.68 bits per heavy atom. The van der Waals surface area contributed by atoms with Crippen molar-refractivity contribution >= 4 is 34.4 Å². The Kier molecular flexibility index (Phi) is 7.51. The van der Waals surface area contributed by atoms with Gasteiger partial charge in [-0.2, -0.15) is 0 Å². The molecule has 0 saturated heterocycles. The number of fused-ring (bicyclic) bond motifs is 1. The van der Waals surface area contributed by atoms with Crippen LogP contribution in [0.5, 0.6) is 0 Å². The summed E-state index contributed by atoms with van der Waals surface area (Å²) >= 11 is 1.24. The van der Waals surface area contributed by atoms with Crippen molar-refractivity contribution in [3.63, 3.8) is 0 Å². The van der Waals surface area contributed by atoms with E-state index in [0.717, 1.165) is 36.8 Å². The van der Waals surface area contributed by atoms with Crippen LogP contribution >= 0.6 is 11.8 Å². The van der Waals surface area contributed by atoms with Gasteiger partial charge in [0, 0.05) is 17.2 Å². The lowest BCUT2D eigenvalue weighted by Gasteiger charge is -2.15. The lowest BCUT2D eigenvalue weighted by atomic mass is 10.1.